The Hall–Kier alpha value is -2.00. The van der Waals surface area contributed by atoms with Crippen LogP contribution in [0.2, 0.25) is 0 Å². The molecule has 1 fully saturated rings. The average Bonchev–Trinajstić information content (AvgIpc) is 3.17. The second-order valence-electron chi connectivity index (χ2n) is 4.52. The normalized spacial score (nSPS) is 15.4. The molecule has 0 amide bonds. The lowest BCUT2D eigenvalue weighted by atomic mass is 10.2. The second-order valence-corrected chi connectivity index (χ2v) is 6.56. The van der Waals surface area contributed by atoms with Gasteiger partial charge in [-0.1, -0.05) is 5.16 Å². The minimum Gasteiger partial charge on any atom is -0.338 e. The van der Waals surface area contributed by atoms with Crippen LogP contribution in [0.15, 0.2) is 27.6 Å². The van der Waals surface area contributed by atoms with Crippen molar-refractivity contribution in [3.05, 3.63) is 34.6 Å². The lowest BCUT2D eigenvalue weighted by Gasteiger charge is -2.00. The average molecular weight is 296 g/mol. The van der Waals surface area contributed by atoms with Gasteiger partial charge < -0.3 is 9.51 Å². The third-order valence-corrected chi connectivity index (χ3v) is 4.78. The zero-order valence-corrected chi connectivity index (χ0v) is 11.2. The van der Waals surface area contributed by atoms with E-state index in [2.05, 4.69) is 19.8 Å². The standard InChI is InChI=1S/C11H12N4O4S/c16-9-5-7(3-4-12-9)11-14-10(19-15-11)6-13-20(17,18)8-1-2-8/h3-5,8,13H,1-2,6H2,(H,12,16). The van der Waals surface area contributed by atoms with Crippen LogP contribution in [0.25, 0.3) is 11.4 Å². The topological polar surface area (TPSA) is 118 Å². The molecule has 1 saturated carbocycles. The van der Waals surface area contributed by atoms with Crippen molar-refractivity contribution in [1.29, 1.82) is 0 Å². The molecule has 9 heteroatoms. The van der Waals surface area contributed by atoms with Crippen molar-refractivity contribution in [3.63, 3.8) is 0 Å². The quantitative estimate of drug-likeness (QED) is 0.802. The van der Waals surface area contributed by atoms with E-state index >= 15 is 0 Å². The van der Waals surface area contributed by atoms with Crippen molar-refractivity contribution in [2.24, 2.45) is 0 Å². The Morgan fingerprint density at radius 3 is 2.95 bits per heavy atom. The van der Waals surface area contributed by atoms with Gasteiger partial charge >= 0.3 is 0 Å². The summed E-state index contributed by atoms with van der Waals surface area (Å²) in [5, 5.41) is 3.42. The summed E-state index contributed by atoms with van der Waals surface area (Å²) >= 11 is 0. The Balaban J connectivity index is 1.72. The van der Waals surface area contributed by atoms with Gasteiger partial charge in [-0.15, -0.1) is 0 Å². The lowest BCUT2D eigenvalue weighted by molar-refractivity contribution is 0.376. The molecule has 2 N–H and O–H groups in total. The highest BCUT2D eigenvalue weighted by Crippen LogP contribution is 2.27. The van der Waals surface area contributed by atoms with E-state index in [1.165, 1.54) is 12.3 Å². The van der Waals surface area contributed by atoms with Gasteiger partial charge in [-0.3, -0.25) is 4.79 Å². The Morgan fingerprint density at radius 1 is 1.45 bits per heavy atom. The molecule has 0 aliphatic heterocycles. The summed E-state index contributed by atoms with van der Waals surface area (Å²) in [6, 6.07) is 2.97. The SMILES string of the molecule is O=c1cc(-c2noc(CNS(=O)(=O)C3CC3)n2)cc[nH]1. The molecule has 3 rings (SSSR count). The fraction of sp³-hybridized carbons (Fsp3) is 0.364. The molecule has 1 aliphatic carbocycles. The number of aromatic amines is 1. The van der Waals surface area contributed by atoms with Crippen LogP contribution in [0, 0.1) is 0 Å². The van der Waals surface area contributed by atoms with Crippen LogP contribution in [0.1, 0.15) is 18.7 Å². The summed E-state index contributed by atoms with van der Waals surface area (Å²) in [6.45, 7) is -0.0466. The number of pyridine rings is 1. The van der Waals surface area contributed by atoms with Crippen LogP contribution in [-0.2, 0) is 16.6 Å². The van der Waals surface area contributed by atoms with E-state index in [-0.39, 0.29) is 29.1 Å². The molecule has 0 bridgehead atoms. The van der Waals surface area contributed by atoms with Gasteiger partial charge in [0.1, 0.15) is 0 Å². The van der Waals surface area contributed by atoms with Gasteiger partial charge in [0, 0.05) is 17.8 Å². The Morgan fingerprint density at radius 2 is 2.25 bits per heavy atom. The van der Waals surface area contributed by atoms with Crippen molar-refractivity contribution in [1.82, 2.24) is 19.8 Å². The van der Waals surface area contributed by atoms with E-state index in [4.69, 9.17) is 4.52 Å². The van der Waals surface area contributed by atoms with Crippen molar-refractivity contribution in [2.75, 3.05) is 0 Å². The molecule has 2 aromatic rings. The Labute approximate surface area is 114 Å². The van der Waals surface area contributed by atoms with Gasteiger partial charge in [0.05, 0.1) is 11.8 Å². The minimum atomic E-state index is -3.28. The molecule has 2 aromatic heterocycles. The zero-order chi connectivity index (χ0) is 14.2. The van der Waals surface area contributed by atoms with Gasteiger partial charge in [-0.05, 0) is 18.9 Å². The van der Waals surface area contributed by atoms with E-state index in [0.29, 0.717) is 18.4 Å². The maximum absolute atomic E-state index is 11.6. The lowest BCUT2D eigenvalue weighted by Crippen LogP contribution is -2.26. The number of nitrogens with zero attached hydrogens (tertiary/aromatic N) is 2. The maximum atomic E-state index is 11.6. The van der Waals surface area contributed by atoms with Gasteiger partial charge in [0.25, 0.3) is 0 Å². The first-order valence-corrected chi connectivity index (χ1v) is 7.59. The molecule has 2 heterocycles. The maximum Gasteiger partial charge on any atom is 0.248 e. The summed E-state index contributed by atoms with van der Waals surface area (Å²) in [7, 11) is -3.28. The summed E-state index contributed by atoms with van der Waals surface area (Å²) in [4.78, 5) is 17.7. The largest absolute Gasteiger partial charge is 0.338 e. The van der Waals surface area contributed by atoms with Crippen molar-refractivity contribution >= 4 is 10.0 Å². The predicted octanol–water partition coefficient (Wildman–Crippen LogP) is 0.00670. The number of hydrogen-bond donors (Lipinski definition) is 2. The molecular weight excluding hydrogens is 284 g/mol. The molecule has 0 aromatic carbocycles. The summed E-state index contributed by atoms with van der Waals surface area (Å²) in [5.74, 6) is 0.404. The zero-order valence-electron chi connectivity index (χ0n) is 10.4. The highest BCUT2D eigenvalue weighted by atomic mass is 32.2. The van der Waals surface area contributed by atoms with Crippen LogP contribution < -0.4 is 10.3 Å². The third-order valence-electron chi connectivity index (χ3n) is 2.89. The summed E-state index contributed by atoms with van der Waals surface area (Å²) in [5.41, 5.74) is 0.233. The fourth-order valence-electron chi connectivity index (χ4n) is 1.69. The fourth-order valence-corrected chi connectivity index (χ4v) is 3.00. The first kappa shape index (κ1) is 13.0. The number of aromatic nitrogens is 3. The molecule has 106 valence electrons. The highest BCUT2D eigenvalue weighted by molar-refractivity contribution is 7.90. The van der Waals surface area contributed by atoms with Gasteiger partial charge in [-0.2, -0.15) is 4.98 Å². The van der Waals surface area contributed by atoms with E-state index in [1.54, 1.807) is 6.07 Å². The van der Waals surface area contributed by atoms with E-state index in [1.807, 2.05) is 0 Å². The molecule has 8 nitrogen and oxygen atoms in total. The predicted molar refractivity (Wildman–Crippen MR) is 69.1 cm³/mol. The van der Waals surface area contributed by atoms with Crippen molar-refractivity contribution < 1.29 is 12.9 Å². The van der Waals surface area contributed by atoms with Crippen LogP contribution in [0.3, 0.4) is 0 Å². The van der Waals surface area contributed by atoms with Gasteiger partial charge in [0.15, 0.2) is 0 Å². The van der Waals surface area contributed by atoms with E-state index < -0.39 is 10.0 Å². The molecule has 0 saturated heterocycles. The Bertz CT molecular complexity index is 775. The summed E-state index contributed by atoms with van der Waals surface area (Å²) < 4.78 is 30.7. The van der Waals surface area contributed by atoms with Crippen molar-refractivity contribution in [2.45, 2.75) is 24.6 Å². The molecule has 20 heavy (non-hydrogen) atoms. The third kappa shape index (κ3) is 2.78. The molecule has 0 unspecified atom stereocenters. The highest BCUT2D eigenvalue weighted by Gasteiger charge is 2.35. The number of nitrogens with one attached hydrogen (secondary N) is 2. The number of hydrogen-bond acceptors (Lipinski definition) is 6. The second kappa shape index (κ2) is 4.84. The molecule has 0 radical (unpaired) electrons. The first-order chi connectivity index (χ1) is 9.54. The Kier molecular flexibility index (Phi) is 3.14. The van der Waals surface area contributed by atoms with Gasteiger partial charge in [0.2, 0.25) is 27.3 Å². The number of sulfonamides is 1. The van der Waals surface area contributed by atoms with Crippen LogP contribution >= 0.6 is 0 Å². The van der Waals surface area contributed by atoms with E-state index in [9.17, 15) is 13.2 Å². The smallest absolute Gasteiger partial charge is 0.248 e. The number of rotatable bonds is 5. The minimum absolute atomic E-state index is 0.0466. The molecule has 1 aliphatic rings. The van der Waals surface area contributed by atoms with E-state index in [0.717, 1.165) is 0 Å². The molecule has 0 atom stereocenters. The molecule has 0 spiro atoms. The molecular formula is C11H12N4O4S. The van der Waals surface area contributed by atoms with Crippen LogP contribution in [0.4, 0.5) is 0 Å². The van der Waals surface area contributed by atoms with Gasteiger partial charge in [-0.25, -0.2) is 13.1 Å². The van der Waals surface area contributed by atoms with Crippen LogP contribution in [0.5, 0.6) is 0 Å². The van der Waals surface area contributed by atoms with Crippen molar-refractivity contribution in [3.8, 4) is 11.4 Å². The number of H-pyrrole nitrogens is 1. The van der Waals surface area contributed by atoms with Crippen LogP contribution in [-0.4, -0.2) is 28.8 Å². The summed E-state index contributed by atoms with van der Waals surface area (Å²) in [6.07, 6.45) is 2.86. The monoisotopic (exact) mass is 296 g/mol. The first-order valence-electron chi connectivity index (χ1n) is 6.05.